The molecule has 0 rings (SSSR count). The minimum atomic E-state index is -7.86. The number of halogens is 13. The molecule has 0 bridgehead atoms. The molecule has 176 valence electrons. The first-order chi connectivity index (χ1) is 12.1. The van der Waals surface area contributed by atoms with E-state index >= 15 is 0 Å². The Hall–Kier alpha value is -0.910. The van der Waals surface area contributed by atoms with Crippen LogP contribution >= 0.6 is 0 Å². The van der Waals surface area contributed by atoms with E-state index in [1.165, 1.54) is 34.6 Å². The first-order valence-corrected chi connectivity index (χ1v) is 8.08. The zero-order chi connectivity index (χ0) is 24.3. The van der Waals surface area contributed by atoms with Crippen molar-refractivity contribution in [2.75, 3.05) is 0 Å². The summed E-state index contributed by atoms with van der Waals surface area (Å²) in [5, 5.41) is 0. The maximum Gasteiger partial charge on any atom is 0.460 e. The Bertz CT molecular complexity index is 579. The van der Waals surface area contributed by atoms with Crippen molar-refractivity contribution in [2.45, 2.75) is 83.8 Å². The van der Waals surface area contributed by atoms with Gasteiger partial charge in [-0.05, 0) is 17.3 Å². The lowest BCUT2D eigenvalue weighted by molar-refractivity contribution is -0.443. The molecule has 0 aromatic heterocycles. The SMILES string of the molecule is CC(CC(C)(C)C(C)(C)C)C(F)(F)C(F)(F)C(F)(F)C(F)(F)C(F)(F)C(F)(F)F. The van der Waals surface area contributed by atoms with Gasteiger partial charge in [0.15, 0.2) is 0 Å². The van der Waals surface area contributed by atoms with Crippen LogP contribution in [0.25, 0.3) is 0 Å². The molecule has 0 aliphatic carbocycles. The molecule has 0 nitrogen and oxygen atoms in total. The van der Waals surface area contributed by atoms with Crippen LogP contribution in [-0.4, -0.2) is 35.8 Å². The Labute approximate surface area is 158 Å². The summed E-state index contributed by atoms with van der Waals surface area (Å²) in [5.74, 6) is -39.4. The second kappa shape index (κ2) is 7.06. The van der Waals surface area contributed by atoms with Gasteiger partial charge < -0.3 is 0 Å². The summed E-state index contributed by atoms with van der Waals surface area (Å²) in [6.07, 6.45) is -8.36. The van der Waals surface area contributed by atoms with E-state index in [1.807, 2.05) is 0 Å². The van der Waals surface area contributed by atoms with Crippen molar-refractivity contribution in [2.24, 2.45) is 16.7 Å². The van der Waals surface area contributed by atoms with Gasteiger partial charge in [0, 0.05) is 5.92 Å². The highest BCUT2D eigenvalue weighted by atomic mass is 19.4. The van der Waals surface area contributed by atoms with Gasteiger partial charge in [0.2, 0.25) is 0 Å². The van der Waals surface area contributed by atoms with Crippen molar-refractivity contribution in [3.63, 3.8) is 0 Å². The molecule has 13 heteroatoms. The largest absolute Gasteiger partial charge is 0.460 e. The zero-order valence-electron chi connectivity index (χ0n) is 16.2. The van der Waals surface area contributed by atoms with E-state index in [4.69, 9.17) is 0 Å². The highest BCUT2D eigenvalue weighted by Crippen LogP contribution is 2.62. The monoisotopic (exact) mass is 460 g/mol. The Balaban J connectivity index is 6.31. The van der Waals surface area contributed by atoms with Crippen LogP contribution in [0.2, 0.25) is 0 Å². The standard InChI is InChI=1S/C16H21F13/c1-8(7-10(5,6)9(2,3)4)11(17,18)12(19,20)13(21,22)14(23,24)15(25,26)16(27,28)29/h8H,7H2,1-6H3. The number of alkyl halides is 13. The Morgan fingerprint density at radius 1 is 0.517 bits per heavy atom. The third-order valence-electron chi connectivity index (χ3n) is 5.42. The summed E-state index contributed by atoms with van der Waals surface area (Å²) < 4.78 is 171. The van der Waals surface area contributed by atoms with Gasteiger partial charge in [-0.1, -0.05) is 41.5 Å². The molecule has 0 N–H and O–H groups in total. The number of hydrogen-bond acceptors (Lipinski definition) is 0. The van der Waals surface area contributed by atoms with Gasteiger partial charge in [0.1, 0.15) is 0 Å². The van der Waals surface area contributed by atoms with Crippen molar-refractivity contribution < 1.29 is 57.1 Å². The second-order valence-corrected chi connectivity index (χ2v) is 8.66. The predicted molar refractivity (Wildman–Crippen MR) is 77.8 cm³/mol. The van der Waals surface area contributed by atoms with Crippen molar-refractivity contribution in [3.8, 4) is 0 Å². The molecule has 0 radical (unpaired) electrons. The fourth-order valence-corrected chi connectivity index (χ4v) is 2.29. The first-order valence-electron chi connectivity index (χ1n) is 8.08. The summed E-state index contributed by atoms with van der Waals surface area (Å²) in [7, 11) is 0. The fraction of sp³-hybridized carbons (Fsp3) is 1.00. The van der Waals surface area contributed by atoms with Crippen LogP contribution < -0.4 is 0 Å². The average molecular weight is 460 g/mol. The fourth-order valence-electron chi connectivity index (χ4n) is 2.29. The van der Waals surface area contributed by atoms with E-state index in [2.05, 4.69) is 0 Å². The molecular formula is C16H21F13. The highest BCUT2D eigenvalue weighted by Gasteiger charge is 2.91. The topological polar surface area (TPSA) is 0 Å². The summed E-state index contributed by atoms with van der Waals surface area (Å²) in [6.45, 7) is 7.27. The quantitative estimate of drug-likeness (QED) is 0.340. The lowest BCUT2D eigenvalue weighted by Crippen LogP contribution is -2.71. The molecule has 1 atom stereocenters. The van der Waals surface area contributed by atoms with Gasteiger partial charge in [0.25, 0.3) is 0 Å². The van der Waals surface area contributed by atoms with E-state index in [0.29, 0.717) is 0 Å². The molecule has 0 saturated heterocycles. The minimum Gasteiger partial charge on any atom is -0.199 e. The summed E-state index contributed by atoms with van der Waals surface area (Å²) >= 11 is 0. The van der Waals surface area contributed by atoms with Gasteiger partial charge in [-0.25, -0.2) is 0 Å². The van der Waals surface area contributed by atoms with Gasteiger partial charge in [0.05, 0.1) is 0 Å². The average Bonchev–Trinajstić information content (AvgIpc) is 2.43. The number of hydrogen-bond donors (Lipinski definition) is 0. The lowest BCUT2D eigenvalue weighted by Gasteiger charge is -2.45. The summed E-state index contributed by atoms with van der Waals surface area (Å²) in [4.78, 5) is 0. The van der Waals surface area contributed by atoms with E-state index in [1.54, 1.807) is 0 Å². The van der Waals surface area contributed by atoms with Crippen LogP contribution in [0, 0.1) is 16.7 Å². The van der Waals surface area contributed by atoms with Crippen LogP contribution in [0.5, 0.6) is 0 Å². The molecule has 0 amide bonds. The highest BCUT2D eigenvalue weighted by molar-refractivity contribution is 5.11. The third kappa shape index (κ3) is 4.15. The Morgan fingerprint density at radius 2 is 0.828 bits per heavy atom. The van der Waals surface area contributed by atoms with Gasteiger partial charge in [-0.3, -0.25) is 0 Å². The van der Waals surface area contributed by atoms with Crippen molar-refractivity contribution in [3.05, 3.63) is 0 Å². The summed E-state index contributed by atoms with van der Waals surface area (Å²) in [5.41, 5.74) is -2.14. The van der Waals surface area contributed by atoms with Crippen molar-refractivity contribution in [1.29, 1.82) is 0 Å². The molecule has 0 aliphatic heterocycles. The van der Waals surface area contributed by atoms with Gasteiger partial charge in [-0.2, -0.15) is 57.1 Å². The Kier molecular flexibility index (Phi) is 6.84. The lowest BCUT2D eigenvalue weighted by atomic mass is 9.64. The van der Waals surface area contributed by atoms with E-state index < -0.39 is 59.0 Å². The molecule has 0 spiro atoms. The Morgan fingerprint density at radius 3 is 1.10 bits per heavy atom. The van der Waals surface area contributed by atoms with Crippen LogP contribution in [0.1, 0.15) is 48.0 Å². The van der Waals surface area contributed by atoms with Crippen LogP contribution in [-0.2, 0) is 0 Å². The molecule has 0 aromatic rings. The maximum absolute atomic E-state index is 14.1. The zero-order valence-corrected chi connectivity index (χ0v) is 16.2. The molecule has 29 heavy (non-hydrogen) atoms. The molecule has 0 fully saturated rings. The van der Waals surface area contributed by atoms with Crippen LogP contribution in [0.3, 0.4) is 0 Å². The molecule has 0 aliphatic rings. The smallest absolute Gasteiger partial charge is 0.199 e. The van der Waals surface area contributed by atoms with E-state index in [9.17, 15) is 57.1 Å². The molecule has 0 aromatic carbocycles. The van der Waals surface area contributed by atoms with Gasteiger partial charge in [-0.15, -0.1) is 0 Å². The second-order valence-electron chi connectivity index (χ2n) is 8.66. The third-order valence-corrected chi connectivity index (χ3v) is 5.42. The van der Waals surface area contributed by atoms with Crippen molar-refractivity contribution >= 4 is 0 Å². The van der Waals surface area contributed by atoms with E-state index in [-0.39, 0.29) is 6.92 Å². The number of rotatable bonds is 7. The molecule has 1 unspecified atom stereocenters. The summed E-state index contributed by atoms with van der Waals surface area (Å²) in [6, 6.07) is 0. The van der Waals surface area contributed by atoms with Gasteiger partial charge >= 0.3 is 35.8 Å². The minimum absolute atomic E-state index is 0.289. The predicted octanol–water partition coefficient (Wildman–Crippen LogP) is 7.82. The maximum atomic E-state index is 14.1. The van der Waals surface area contributed by atoms with Crippen LogP contribution in [0.15, 0.2) is 0 Å². The van der Waals surface area contributed by atoms with Crippen molar-refractivity contribution in [1.82, 2.24) is 0 Å². The van der Waals surface area contributed by atoms with E-state index in [0.717, 1.165) is 0 Å². The normalized spacial score (nSPS) is 17.5. The van der Waals surface area contributed by atoms with Crippen LogP contribution in [0.4, 0.5) is 57.1 Å². The molecular weight excluding hydrogens is 439 g/mol. The molecule has 0 heterocycles. The molecule has 0 saturated carbocycles. The first kappa shape index (κ1) is 28.1.